The van der Waals surface area contributed by atoms with E-state index in [1.54, 1.807) is 5.94 Å². The Morgan fingerprint density at radius 2 is 2.43 bits per heavy atom. The SMILES string of the molecule is O=C=C1C=NC(O[C@@H]2COc3nc([N+](=O)[O-])cn3C2)=NC1. The van der Waals surface area contributed by atoms with E-state index in [0.717, 1.165) is 0 Å². The van der Waals surface area contributed by atoms with Gasteiger partial charge in [-0.05, 0) is 4.92 Å². The summed E-state index contributed by atoms with van der Waals surface area (Å²) in [5, 5.41) is 10.6. The van der Waals surface area contributed by atoms with Gasteiger partial charge in [0.1, 0.15) is 18.7 Å². The first-order valence-corrected chi connectivity index (χ1v) is 5.99. The number of amidine groups is 1. The highest BCUT2D eigenvalue weighted by Gasteiger charge is 2.29. The van der Waals surface area contributed by atoms with Crippen LogP contribution in [0.1, 0.15) is 0 Å². The average molecular weight is 291 g/mol. The smallest absolute Gasteiger partial charge is 0.414 e. The molecule has 0 N–H and O–H groups in total. The lowest BCUT2D eigenvalue weighted by molar-refractivity contribution is -0.389. The molecule has 2 aliphatic rings. The van der Waals surface area contributed by atoms with Gasteiger partial charge in [0.15, 0.2) is 6.10 Å². The lowest BCUT2D eigenvalue weighted by atomic mass is 10.3. The molecule has 21 heavy (non-hydrogen) atoms. The second-order valence-corrected chi connectivity index (χ2v) is 4.33. The van der Waals surface area contributed by atoms with Crippen molar-refractivity contribution in [3.8, 4) is 6.01 Å². The van der Waals surface area contributed by atoms with Crippen LogP contribution in [0.4, 0.5) is 5.82 Å². The Kier molecular flexibility index (Phi) is 3.20. The molecule has 0 aliphatic carbocycles. The third-order valence-corrected chi connectivity index (χ3v) is 2.83. The summed E-state index contributed by atoms with van der Waals surface area (Å²) >= 11 is 0. The number of imidazole rings is 1. The number of fused-ring (bicyclic) bond motifs is 1. The molecule has 1 aromatic heterocycles. The fourth-order valence-corrected chi connectivity index (χ4v) is 1.87. The largest absolute Gasteiger partial charge is 0.455 e. The van der Waals surface area contributed by atoms with Crippen molar-refractivity contribution in [1.82, 2.24) is 9.55 Å². The summed E-state index contributed by atoms with van der Waals surface area (Å²) in [5.41, 5.74) is 0.342. The lowest BCUT2D eigenvalue weighted by Crippen LogP contribution is -2.34. The van der Waals surface area contributed by atoms with E-state index in [9.17, 15) is 14.9 Å². The molecule has 0 saturated carbocycles. The predicted octanol–water partition coefficient (Wildman–Crippen LogP) is -0.233. The van der Waals surface area contributed by atoms with Crippen LogP contribution in [0.3, 0.4) is 0 Å². The first-order chi connectivity index (χ1) is 10.2. The Balaban J connectivity index is 1.67. The molecule has 0 amide bonds. The van der Waals surface area contributed by atoms with E-state index in [1.165, 1.54) is 17.0 Å². The summed E-state index contributed by atoms with van der Waals surface area (Å²) < 4.78 is 12.3. The van der Waals surface area contributed by atoms with Crippen molar-refractivity contribution < 1.29 is 19.2 Å². The molecule has 2 aliphatic heterocycles. The Hall–Kier alpha value is -3.00. The van der Waals surface area contributed by atoms with Crippen molar-refractivity contribution in [3.63, 3.8) is 0 Å². The molecule has 0 fully saturated rings. The summed E-state index contributed by atoms with van der Waals surface area (Å²) in [5.74, 6) is 1.43. The van der Waals surface area contributed by atoms with Gasteiger partial charge in [0.2, 0.25) is 0 Å². The van der Waals surface area contributed by atoms with Crippen LogP contribution >= 0.6 is 0 Å². The molecule has 108 valence electrons. The van der Waals surface area contributed by atoms with Crippen molar-refractivity contribution in [2.45, 2.75) is 12.6 Å². The molecule has 3 rings (SSSR count). The zero-order valence-electron chi connectivity index (χ0n) is 10.6. The van der Waals surface area contributed by atoms with E-state index in [0.29, 0.717) is 12.1 Å². The maximum absolute atomic E-state index is 10.6. The summed E-state index contributed by atoms with van der Waals surface area (Å²) in [6.07, 6.45) is 2.22. The Labute approximate surface area is 117 Å². The quantitative estimate of drug-likeness (QED) is 0.421. The molecule has 0 aromatic carbocycles. The van der Waals surface area contributed by atoms with Gasteiger partial charge in [-0.25, -0.2) is 14.8 Å². The molecule has 10 heteroatoms. The van der Waals surface area contributed by atoms with E-state index in [1.807, 2.05) is 0 Å². The highest BCUT2D eigenvalue weighted by atomic mass is 16.6. The number of carbonyl (C=O) groups excluding carboxylic acids is 1. The minimum atomic E-state index is -0.590. The molecule has 3 heterocycles. The van der Waals surface area contributed by atoms with Gasteiger partial charge in [-0.2, -0.15) is 0 Å². The minimum absolute atomic E-state index is 0.140. The monoisotopic (exact) mass is 291 g/mol. The zero-order valence-corrected chi connectivity index (χ0v) is 10.6. The number of nitro groups is 1. The highest BCUT2D eigenvalue weighted by Crippen LogP contribution is 2.22. The number of rotatable bonds is 2. The van der Waals surface area contributed by atoms with Gasteiger partial charge in [0, 0.05) is 11.2 Å². The molecule has 0 unspecified atom stereocenters. The van der Waals surface area contributed by atoms with Crippen LogP contribution in [0.5, 0.6) is 6.01 Å². The van der Waals surface area contributed by atoms with Crippen LogP contribution in [0.25, 0.3) is 0 Å². The number of nitrogens with zero attached hydrogens (tertiary/aromatic N) is 5. The van der Waals surface area contributed by atoms with E-state index in [-0.39, 0.29) is 31.0 Å². The maximum Gasteiger partial charge on any atom is 0.414 e. The maximum atomic E-state index is 10.6. The molecule has 10 nitrogen and oxygen atoms in total. The highest BCUT2D eigenvalue weighted by molar-refractivity contribution is 5.98. The third kappa shape index (κ3) is 2.65. The number of hydrogen-bond donors (Lipinski definition) is 0. The Morgan fingerprint density at radius 1 is 1.57 bits per heavy atom. The lowest BCUT2D eigenvalue weighted by Gasteiger charge is -2.22. The van der Waals surface area contributed by atoms with Crippen LogP contribution in [0.15, 0.2) is 21.8 Å². The molecular formula is C11H9N5O5. The molecule has 1 atom stereocenters. The summed E-state index contributed by atoms with van der Waals surface area (Å²) in [6, 6.07) is 0.322. The Morgan fingerprint density at radius 3 is 3.10 bits per heavy atom. The summed E-state index contributed by atoms with van der Waals surface area (Å²) in [4.78, 5) is 32.0. The predicted molar refractivity (Wildman–Crippen MR) is 69.2 cm³/mol. The van der Waals surface area contributed by atoms with E-state index in [4.69, 9.17) is 9.47 Å². The van der Waals surface area contributed by atoms with Crippen LogP contribution < -0.4 is 4.74 Å². The first-order valence-electron chi connectivity index (χ1n) is 5.99. The second kappa shape index (κ2) is 5.17. The number of hydrogen-bond acceptors (Lipinski definition) is 8. The number of aliphatic imine (C=N–C) groups is 2. The van der Waals surface area contributed by atoms with Crippen LogP contribution in [0.2, 0.25) is 0 Å². The minimum Gasteiger partial charge on any atom is -0.455 e. The van der Waals surface area contributed by atoms with E-state index >= 15 is 0 Å². The zero-order chi connectivity index (χ0) is 14.8. The normalized spacial score (nSPS) is 20.1. The Bertz CT molecular complexity index is 700. The fourth-order valence-electron chi connectivity index (χ4n) is 1.87. The van der Waals surface area contributed by atoms with Crippen LogP contribution in [0, 0.1) is 10.1 Å². The van der Waals surface area contributed by atoms with Gasteiger partial charge >= 0.3 is 17.9 Å². The van der Waals surface area contributed by atoms with Gasteiger partial charge in [-0.1, -0.05) is 0 Å². The van der Waals surface area contributed by atoms with Crippen molar-refractivity contribution >= 4 is 24.0 Å². The van der Waals surface area contributed by atoms with Crippen molar-refractivity contribution in [2.24, 2.45) is 9.98 Å². The van der Waals surface area contributed by atoms with Gasteiger partial charge in [-0.3, -0.25) is 4.57 Å². The van der Waals surface area contributed by atoms with Crippen LogP contribution in [-0.2, 0) is 16.1 Å². The average Bonchev–Trinajstić information content (AvgIpc) is 2.91. The van der Waals surface area contributed by atoms with Gasteiger partial charge in [-0.15, -0.1) is 0 Å². The van der Waals surface area contributed by atoms with Crippen molar-refractivity contribution in [2.75, 3.05) is 13.2 Å². The van der Waals surface area contributed by atoms with Crippen molar-refractivity contribution in [3.05, 3.63) is 21.9 Å². The third-order valence-electron chi connectivity index (χ3n) is 2.83. The molecule has 1 aromatic rings. The topological polar surface area (TPSA) is 121 Å². The first kappa shape index (κ1) is 13.0. The second-order valence-electron chi connectivity index (χ2n) is 4.33. The summed E-state index contributed by atoms with van der Waals surface area (Å²) in [6.45, 7) is 0.678. The fraction of sp³-hybridized carbons (Fsp3) is 0.364. The number of ether oxygens (including phenoxy) is 2. The van der Waals surface area contributed by atoms with Gasteiger partial charge < -0.3 is 19.6 Å². The van der Waals surface area contributed by atoms with Crippen LogP contribution in [-0.4, -0.2) is 51.9 Å². The molecule has 0 radical (unpaired) electrons. The molecule has 0 saturated heterocycles. The number of aromatic nitrogens is 2. The van der Waals surface area contributed by atoms with E-state index < -0.39 is 11.0 Å². The molecular weight excluding hydrogens is 282 g/mol. The van der Waals surface area contributed by atoms with Gasteiger partial charge in [0.05, 0.1) is 18.7 Å². The van der Waals surface area contributed by atoms with Crippen molar-refractivity contribution in [1.29, 1.82) is 0 Å². The van der Waals surface area contributed by atoms with E-state index in [2.05, 4.69) is 15.0 Å². The molecule has 0 spiro atoms. The van der Waals surface area contributed by atoms with Gasteiger partial charge in [0.25, 0.3) is 0 Å². The standard InChI is InChI=1S/C11H9N5O5/c17-5-7-1-12-10(13-2-7)21-8-3-15-4-9(16(18)19)14-11(15)20-6-8/h1,4,8H,2-3,6H2/t8-/m0/s1. The summed E-state index contributed by atoms with van der Waals surface area (Å²) in [7, 11) is 0. The molecule has 0 bridgehead atoms.